The molecule has 1 rings (SSSR count). The third-order valence-corrected chi connectivity index (χ3v) is 4.24. The highest BCUT2D eigenvalue weighted by molar-refractivity contribution is 6.39. The van der Waals surface area contributed by atoms with Gasteiger partial charge in [0.05, 0.1) is 6.07 Å². The van der Waals surface area contributed by atoms with Crippen molar-refractivity contribution in [2.75, 3.05) is 0 Å². The lowest BCUT2D eigenvalue weighted by Crippen LogP contribution is -2.48. The van der Waals surface area contributed by atoms with Crippen molar-refractivity contribution in [1.29, 1.82) is 5.26 Å². The van der Waals surface area contributed by atoms with Gasteiger partial charge in [-0.3, -0.25) is 9.59 Å². The fraction of sp³-hybridized carbons (Fsp3) is 0.778. The minimum atomic E-state index is -1.03. The summed E-state index contributed by atoms with van der Waals surface area (Å²) in [5, 5.41) is 9.62. The largest absolute Gasteiger partial charge is 0.274 e. The minimum absolute atomic E-state index is 0.167. The van der Waals surface area contributed by atoms with Crippen molar-refractivity contribution in [2.45, 2.75) is 77.6 Å². The number of hydrogen-bond donors (Lipinski definition) is 0. The van der Waals surface area contributed by atoms with Crippen LogP contribution in [0.3, 0.4) is 0 Å². The molecular formula is C18H28ClN3O2. The van der Waals surface area contributed by atoms with Crippen molar-refractivity contribution < 1.29 is 9.59 Å². The third-order valence-electron chi connectivity index (χ3n) is 3.92. The first kappa shape index (κ1) is 20.6. The number of amidine groups is 1. The van der Waals surface area contributed by atoms with Crippen molar-refractivity contribution in [3.05, 3.63) is 0 Å². The zero-order valence-corrected chi connectivity index (χ0v) is 16.3. The molecule has 0 aromatic rings. The number of nitrogens with zero attached hydrogens (tertiary/aromatic N) is 3. The predicted molar refractivity (Wildman–Crippen MR) is 95.7 cm³/mol. The number of nitriles is 1. The molecule has 0 radical (unpaired) electrons. The van der Waals surface area contributed by atoms with Gasteiger partial charge in [-0.25, -0.2) is 9.89 Å². The number of aliphatic imine (C=N–C) groups is 1. The maximum absolute atomic E-state index is 12.2. The van der Waals surface area contributed by atoms with Gasteiger partial charge in [0.1, 0.15) is 16.2 Å². The van der Waals surface area contributed by atoms with Crippen molar-refractivity contribution in [3.63, 3.8) is 0 Å². The second kappa shape index (κ2) is 7.65. The van der Waals surface area contributed by atoms with E-state index in [0.29, 0.717) is 12.8 Å². The molecule has 2 atom stereocenters. The first-order valence-corrected chi connectivity index (χ1v) is 8.86. The molecule has 2 amide bonds. The molecule has 0 N–H and O–H groups in total. The molecule has 0 aromatic heterocycles. The molecule has 0 aliphatic carbocycles. The van der Waals surface area contributed by atoms with E-state index in [1.165, 1.54) is 0 Å². The quantitative estimate of drug-likeness (QED) is 0.314. The van der Waals surface area contributed by atoms with E-state index in [1.807, 2.05) is 27.7 Å². The molecule has 1 heterocycles. The highest BCUT2D eigenvalue weighted by Crippen LogP contribution is 2.33. The van der Waals surface area contributed by atoms with E-state index < -0.39 is 10.4 Å². The van der Waals surface area contributed by atoms with Crippen LogP contribution in [-0.4, -0.2) is 33.0 Å². The molecule has 0 unspecified atom stereocenters. The van der Waals surface area contributed by atoms with Crippen LogP contribution in [0.25, 0.3) is 0 Å². The summed E-state index contributed by atoms with van der Waals surface area (Å²) in [7, 11) is 0. The van der Waals surface area contributed by atoms with E-state index in [1.54, 1.807) is 13.8 Å². The normalized spacial score (nSPS) is 21.2. The number of hydrogen-bond acceptors (Lipinski definition) is 4. The van der Waals surface area contributed by atoms with Crippen LogP contribution in [0, 0.1) is 23.2 Å². The van der Waals surface area contributed by atoms with Crippen LogP contribution in [-0.2, 0) is 9.59 Å². The molecule has 6 heteroatoms. The van der Waals surface area contributed by atoms with Gasteiger partial charge in [0.2, 0.25) is 11.8 Å². The molecule has 5 nitrogen and oxygen atoms in total. The molecule has 1 aliphatic rings. The summed E-state index contributed by atoms with van der Waals surface area (Å²) in [5.41, 5.74) is -1.03. The monoisotopic (exact) mass is 353 g/mol. The first-order valence-electron chi connectivity index (χ1n) is 8.48. The highest BCUT2D eigenvalue weighted by atomic mass is 35.5. The van der Waals surface area contributed by atoms with Gasteiger partial charge in [-0.2, -0.15) is 5.26 Å². The Kier molecular flexibility index (Phi) is 6.58. The van der Waals surface area contributed by atoms with Crippen molar-refractivity contribution in [2.24, 2.45) is 16.8 Å². The average molecular weight is 354 g/mol. The summed E-state index contributed by atoms with van der Waals surface area (Å²) in [5.74, 6) is 0.133. The van der Waals surface area contributed by atoms with Gasteiger partial charge in [0.25, 0.3) is 0 Å². The Bertz CT molecular complexity index is 559. The first-order chi connectivity index (χ1) is 10.9. The molecular weight excluding hydrogens is 326 g/mol. The number of carbonyl (C=O) groups is 2. The van der Waals surface area contributed by atoms with Crippen molar-refractivity contribution in [1.82, 2.24) is 4.90 Å². The molecule has 0 bridgehead atoms. The number of imide groups is 1. The fourth-order valence-electron chi connectivity index (χ4n) is 3.22. The van der Waals surface area contributed by atoms with Gasteiger partial charge < -0.3 is 0 Å². The van der Waals surface area contributed by atoms with Gasteiger partial charge in [0, 0.05) is 12.8 Å². The average Bonchev–Trinajstić information content (AvgIpc) is 2.73. The zero-order valence-electron chi connectivity index (χ0n) is 15.5. The SMILES string of the molecule is CC(C)C[C@](C)(C#N)N=C(N1C(=O)CCC1=O)[C@](C)(Cl)CC(C)C. The summed E-state index contributed by atoms with van der Waals surface area (Å²) < 4.78 is 0. The number of rotatable bonds is 6. The number of amides is 2. The van der Waals surface area contributed by atoms with Crippen LogP contribution in [0.4, 0.5) is 0 Å². The van der Waals surface area contributed by atoms with E-state index in [-0.39, 0.29) is 42.3 Å². The Morgan fingerprint density at radius 1 is 1.17 bits per heavy atom. The number of carbonyl (C=O) groups excluding carboxylic acids is 2. The number of likely N-dealkylation sites (tertiary alicyclic amines) is 1. The second-order valence-corrected chi connectivity index (χ2v) is 8.67. The highest BCUT2D eigenvalue weighted by Gasteiger charge is 2.43. The van der Waals surface area contributed by atoms with Crippen LogP contribution in [0.1, 0.15) is 67.2 Å². The van der Waals surface area contributed by atoms with Gasteiger partial charge in [-0.05, 0) is 38.5 Å². The Morgan fingerprint density at radius 2 is 1.62 bits per heavy atom. The Labute approximate surface area is 150 Å². The maximum atomic E-state index is 12.2. The van der Waals surface area contributed by atoms with E-state index in [4.69, 9.17) is 11.6 Å². The lowest BCUT2D eigenvalue weighted by atomic mass is 9.91. The summed E-state index contributed by atoms with van der Waals surface area (Å²) >= 11 is 6.72. The van der Waals surface area contributed by atoms with Gasteiger partial charge in [0.15, 0.2) is 0 Å². The smallest absolute Gasteiger partial charge is 0.235 e. The number of halogens is 1. The van der Waals surface area contributed by atoms with Crippen LogP contribution in [0.2, 0.25) is 0 Å². The summed E-state index contributed by atoms with van der Waals surface area (Å²) in [4.78, 5) is 29.2. The van der Waals surface area contributed by atoms with Crippen LogP contribution in [0.5, 0.6) is 0 Å². The van der Waals surface area contributed by atoms with Gasteiger partial charge in [-0.1, -0.05) is 27.7 Å². The summed E-state index contributed by atoms with van der Waals surface area (Å²) in [6, 6.07) is 2.22. The Morgan fingerprint density at radius 3 is 2.00 bits per heavy atom. The molecule has 1 fully saturated rings. The van der Waals surface area contributed by atoms with E-state index in [2.05, 4.69) is 11.1 Å². The molecule has 1 aliphatic heterocycles. The molecule has 0 saturated carbocycles. The van der Waals surface area contributed by atoms with Crippen molar-refractivity contribution >= 4 is 29.3 Å². The second-order valence-electron chi connectivity index (χ2n) is 7.84. The minimum Gasteiger partial charge on any atom is -0.274 e. The summed E-state index contributed by atoms with van der Waals surface area (Å²) in [6.45, 7) is 11.5. The van der Waals surface area contributed by atoms with Crippen LogP contribution >= 0.6 is 11.6 Å². The fourth-order valence-corrected chi connectivity index (χ4v) is 3.65. The van der Waals surface area contributed by atoms with Gasteiger partial charge in [-0.15, -0.1) is 11.6 Å². The third kappa shape index (κ3) is 5.04. The molecule has 1 saturated heterocycles. The molecule has 134 valence electrons. The van der Waals surface area contributed by atoms with E-state index >= 15 is 0 Å². The molecule has 0 spiro atoms. The van der Waals surface area contributed by atoms with Crippen molar-refractivity contribution in [3.8, 4) is 6.07 Å². The van der Waals surface area contributed by atoms with Gasteiger partial charge >= 0.3 is 0 Å². The molecule has 24 heavy (non-hydrogen) atoms. The topological polar surface area (TPSA) is 73.5 Å². The summed E-state index contributed by atoms with van der Waals surface area (Å²) in [6.07, 6.45) is 1.41. The Balaban J connectivity index is 3.43. The lowest BCUT2D eigenvalue weighted by Gasteiger charge is -2.33. The lowest BCUT2D eigenvalue weighted by molar-refractivity contribution is -0.133. The number of alkyl halides is 1. The Hall–Kier alpha value is -1.41. The van der Waals surface area contributed by atoms with Crippen LogP contribution in [0.15, 0.2) is 4.99 Å². The van der Waals surface area contributed by atoms with Crippen LogP contribution < -0.4 is 0 Å². The standard InChI is InChI=1S/C18H28ClN3O2/c1-12(2)9-17(5,11-20)21-16(18(6,19)10-13(3)4)22-14(23)7-8-15(22)24/h12-13H,7-10H2,1-6H3/t17-,18-/m1/s1. The maximum Gasteiger partial charge on any atom is 0.235 e. The predicted octanol–water partition coefficient (Wildman–Crippen LogP) is 3.91. The zero-order chi connectivity index (χ0) is 18.7. The van der Waals surface area contributed by atoms with E-state index in [9.17, 15) is 14.9 Å². The van der Waals surface area contributed by atoms with E-state index in [0.717, 1.165) is 4.90 Å². The molecule has 0 aromatic carbocycles.